The molecule has 0 aliphatic carbocycles. The third-order valence-electron chi connectivity index (χ3n) is 4.47. The number of likely N-dealkylation sites (tertiary alicyclic amines) is 1. The maximum absolute atomic E-state index is 11.8. The number of aldehydes is 1. The van der Waals surface area contributed by atoms with Crippen LogP contribution in [0.15, 0.2) is 48.5 Å². The summed E-state index contributed by atoms with van der Waals surface area (Å²) in [4.78, 5) is 14.2. The first kappa shape index (κ1) is 15.6. The second-order valence-corrected chi connectivity index (χ2v) is 6.14. The lowest BCUT2D eigenvalue weighted by atomic mass is 9.94. The van der Waals surface area contributed by atoms with E-state index in [2.05, 4.69) is 41.4 Å². The Kier molecular flexibility index (Phi) is 4.63. The molecular formula is C19H23N3O. The topological polar surface area (TPSA) is 58.4 Å². The number of hydrogen-bond acceptors (Lipinski definition) is 4. The van der Waals surface area contributed by atoms with Crippen molar-refractivity contribution in [3.63, 3.8) is 0 Å². The quantitative estimate of drug-likeness (QED) is 0.636. The van der Waals surface area contributed by atoms with Gasteiger partial charge in [0, 0.05) is 13.1 Å². The van der Waals surface area contributed by atoms with E-state index in [1.807, 2.05) is 24.3 Å². The summed E-state index contributed by atoms with van der Waals surface area (Å²) >= 11 is 0. The Morgan fingerprint density at radius 2 is 1.83 bits per heavy atom. The number of carbonyl (C=O) groups excluding carboxylic acids is 1. The van der Waals surface area contributed by atoms with Gasteiger partial charge in [-0.2, -0.15) is 0 Å². The first-order chi connectivity index (χ1) is 11.2. The molecule has 3 rings (SSSR count). The predicted molar refractivity (Wildman–Crippen MR) is 94.4 cm³/mol. The van der Waals surface area contributed by atoms with Gasteiger partial charge in [0.1, 0.15) is 12.3 Å². The van der Waals surface area contributed by atoms with Gasteiger partial charge in [-0.3, -0.25) is 4.90 Å². The van der Waals surface area contributed by atoms with Crippen LogP contribution in [0.25, 0.3) is 0 Å². The molecule has 1 fully saturated rings. The first-order valence-corrected chi connectivity index (χ1v) is 8.06. The zero-order valence-electron chi connectivity index (χ0n) is 13.4. The number of anilines is 2. The number of para-hydroxylation sites is 2. The zero-order valence-corrected chi connectivity index (χ0v) is 13.4. The molecule has 1 saturated heterocycles. The normalized spacial score (nSPS) is 17.1. The third kappa shape index (κ3) is 3.37. The number of nitrogens with one attached hydrogen (secondary N) is 1. The minimum absolute atomic E-state index is 0.0291. The number of nitrogens with zero attached hydrogens (tertiary/aromatic N) is 1. The molecule has 23 heavy (non-hydrogen) atoms. The van der Waals surface area contributed by atoms with E-state index in [0.29, 0.717) is 5.69 Å². The molecule has 4 nitrogen and oxygen atoms in total. The van der Waals surface area contributed by atoms with Gasteiger partial charge in [0.05, 0.1) is 17.4 Å². The fourth-order valence-electron chi connectivity index (χ4n) is 3.02. The van der Waals surface area contributed by atoms with Crippen LogP contribution in [0, 0.1) is 6.92 Å². The fourth-order valence-corrected chi connectivity index (χ4v) is 3.02. The van der Waals surface area contributed by atoms with Crippen molar-refractivity contribution in [1.82, 2.24) is 4.90 Å². The summed E-state index contributed by atoms with van der Waals surface area (Å²) in [5, 5.41) is 3.32. The molecule has 2 unspecified atom stereocenters. The highest BCUT2D eigenvalue weighted by Crippen LogP contribution is 2.31. The predicted octanol–water partition coefficient (Wildman–Crippen LogP) is 3.00. The summed E-state index contributed by atoms with van der Waals surface area (Å²) in [6.07, 6.45) is 2.18. The Labute approximate surface area is 137 Å². The van der Waals surface area contributed by atoms with Crippen molar-refractivity contribution in [1.29, 1.82) is 0 Å². The van der Waals surface area contributed by atoms with Crippen LogP contribution in [0.3, 0.4) is 0 Å². The Morgan fingerprint density at radius 1 is 1.13 bits per heavy atom. The Balaban J connectivity index is 1.89. The van der Waals surface area contributed by atoms with Crippen LogP contribution >= 0.6 is 0 Å². The van der Waals surface area contributed by atoms with Gasteiger partial charge < -0.3 is 15.8 Å². The molecule has 1 aliphatic rings. The van der Waals surface area contributed by atoms with Crippen LogP contribution in [0.1, 0.15) is 23.6 Å². The maximum Gasteiger partial charge on any atom is 0.144 e. The summed E-state index contributed by atoms with van der Waals surface area (Å²) in [6.45, 7) is 4.12. The maximum atomic E-state index is 11.8. The van der Waals surface area contributed by atoms with Crippen molar-refractivity contribution in [2.75, 3.05) is 24.1 Å². The van der Waals surface area contributed by atoms with Crippen molar-refractivity contribution in [2.24, 2.45) is 0 Å². The van der Waals surface area contributed by atoms with E-state index in [-0.39, 0.29) is 12.1 Å². The lowest BCUT2D eigenvalue weighted by molar-refractivity contribution is -0.110. The third-order valence-corrected chi connectivity index (χ3v) is 4.47. The van der Waals surface area contributed by atoms with Gasteiger partial charge in [-0.25, -0.2) is 0 Å². The largest absolute Gasteiger partial charge is 0.397 e. The number of carbonyl (C=O) groups is 1. The summed E-state index contributed by atoms with van der Waals surface area (Å²) in [6, 6.07) is 15.7. The molecule has 3 N–H and O–H groups in total. The van der Waals surface area contributed by atoms with E-state index < -0.39 is 0 Å². The second kappa shape index (κ2) is 6.84. The molecule has 120 valence electrons. The first-order valence-electron chi connectivity index (χ1n) is 8.06. The highest BCUT2D eigenvalue weighted by molar-refractivity contribution is 5.73. The van der Waals surface area contributed by atoms with Gasteiger partial charge in [0.2, 0.25) is 0 Å². The lowest BCUT2D eigenvalue weighted by Gasteiger charge is -2.41. The Hall–Kier alpha value is -2.33. The van der Waals surface area contributed by atoms with Crippen LogP contribution in [-0.4, -0.2) is 30.3 Å². The van der Waals surface area contributed by atoms with Crippen LogP contribution in [0.4, 0.5) is 11.4 Å². The minimum Gasteiger partial charge on any atom is -0.397 e. The van der Waals surface area contributed by atoms with E-state index in [1.165, 1.54) is 12.0 Å². The van der Waals surface area contributed by atoms with Gasteiger partial charge >= 0.3 is 0 Å². The lowest BCUT2D eigenvalue weighted by Crippen LogP contribution is -2.47. The molecule has 4 heteroatoms. The average molecular weight is 309 g/mol. The second-order valence-electron chi connectivity index (χ2n) is 6.14. The van der Waals surface area contributed by atoms with Gasteiger partial charge in [0.15, 0.2) is 0 Å². The van der Waals surface area contributed by atoms with Gasteiger partial charge in [0.25, 0.3) is 0 Å². The molecule has 2 atom stereocenters. The van der Waals surface area contributed by atoms with E-state index in [0.717, 1.165) is 30.6 Å². The standard InChI is InChI=1S/C19H23N3O/c1-14-7-9-15(10-8-14)19(22-11-4-12-22)18(13-23)21-17-6-3-2-5-16(17)20/h2-3,5-10,13,18-19,21H,4,11-12,20H2,1H3. The average Bonchev–Trinajstić information content (AvgIpc) is 2.51. The van der Waals surface area contributed by atoms with E-state index in [4.69, 9.17) is 5.73 Å². The Morgan fingerprint density at radius 3 is 2.39 bits per heavy atom. The molecule has 0 saturated carbocycles. The summed E-state index contributed by atoms with van der Waals surface area (Å²) in [5.41, 5.74) is 9.86. The molecule has 2 aromatic rings. The number of nitrogens with two attached hydrogens (primary N) is 1. The number of hydrogen-bond donors (Lipinski definition) is 2. The van der Waals surface area contributed by atoms with Crippen molar-refractivity contribution in [2.45, 2.75) is 25.4 Å². The van der Waals surface area contributed by atoms with Crippen molar-refractivity contribution < 1.29 is 4.79 Å². The smallest absolute Gasteiger partial charge is 0.144 e. The monoisotopic (exact) mass is 309 g/mol. The van der Waals surface area contributed by atoms with E-state index in [1.54, 1.807) is 0 Å². The summed E-state index contributed by atoms with van der Waals surface area (Å²) < 4.78 is 0. The van der Waals surface area contributed by atoms with Crippen LogP contribution in [-0.2, 0) is 4.79 Å². The van der Waals surface area contributed by atoms with Gasteiger partial charge in [-0.1, -0.05) is 42.0 Å². The van der Waals surface area contributed by atoms with E-state index in [9.17, 15) is 4.79 Å². The van der Waals surface area contributed by atoms with Crippen molar-refractivity contribution in [3.8, 4) is 0 Å². The fraction of sp³-hybridized carbons (Fsp3) is 0.316. The zero-order chi connectivity index (χ0) is 16.2. The molecular weight excluding hydrogens is 286 g/mol. The summed E-state index contributed by atoms with van der Waals surface area (Å²) in [5.74, 6) is 0. The van der Waals surface area contributed by atoms with Crippen LogP contribution < -0.4 is 11.1 Å². The minimum atomic E-state index is -0.331. The molecule has 2 aromatic carbocycles. The SMILES string of the molecule is Cc1ccc(C(C(C=O)Nc2ccccc2N)N2CCC2)cc1. The van der Waals surface area contributed by atoms with Crippen molar-refractivity contribution in [3.05, 3.63) is 59.7 Å². The number of benzene rings is 2. The molecule has 1 heterocycles. The molecule has 0 spiro atoms. The summed E-state index contributed by atoms with van der Waals surface area (Å²) in [7, 11) is 0. The molecule has 0 amide bonds. The molecule has 0 radical (unpaired) electrons. The number of rotatable bonds is 6. The molecule has 0 bridgehead atoms. The van der Waals surface area contributed by atoms with Gasteiger partial charge in [-0.05, 0) is 31.0 Å². The van der Waals surface area contributed by atoms with Gasteiger partial charge in [-0.15, -0.1) is 0 Å². The molecule has 1 aliphatic heterocycles. The Bertz CT molecular complexity index is 665. The van der Waals surface area contributed by atoms with Crippen LogP contribution in [0.2, 0.25) is 0 Å². The van der Waals surface area contributed by atoms with Crippen molar-refractivity contribution >= 4 is 17.7 Å². The van der Waals surface area contributed by atoms with E-state index >= 15 is 0 Å². The number of nitrogen functional groups attached to an aromatic ring is 1. The highest BCUT2D eigenvalue weighted by Gasteiger charge is 2.32. The molecule has 0 aromatic heterocycles. The number of aryl methyl sites for hydroxylation is 1. The van der Waals surface area contributed by atoms with Crippen LogP contribution in [0.5, 0.6) is 0 Å². The highest BCUT2D eigenvalue weighted by atomic mass is 16.1.